The molecule has 12 heteroatoms. The van der Waals surface area contributed by atoms with E-state index in [0.29, 0.717) is 36.8 Å². The summed E-state index contributed by atoms with van der Waals surface area (Å²) < 4.78 is 10.3. The predicted molar refractivity (Wildman–Crippen MR) is 207 cm³/mol. The Balaban J connectivity index is 0.000000280. The van der Waals surface area contributed by atoms with Gasteiger partial charge >= 0.3 is 11.9 Å². The molecule has 4 aromatic carbocycles. The summed E-state index contributed by atoms with van der Waals surface area (Å²) in [6, 6.07) is 23.3. The van der Waals surface area contributed by atoms with Crippen molar-refractivity contribution in [3.8, 4) is 0 Å². The van der Waals surface area contributed by atoms with E-state index in [1.807, 2.05) is 62.4 Å². The van der Waals surface area contributed by atoms with Gasteiger partial charge in [0.15, 0.2) is 12.1 Å². The van der Waals surface area contributed by atoms with Crippen LogP contribution in [-0.4, -0.2) is 60.9 Å². The van der Waals surface area contributed by atoms with Crippen LogP contribution in [0.5, 0.6) is 0 Å². The number of likely N-dealkylation sites (N-methyl/N-ethyl adjacent to an activating group) is 2. The summed E-state index contributed by atoms with van der Waals surface area (Å²) in [7, 11) is 3.19. The van der Waals surface area contributed by atoms with Gasteiger partial charge in [-0.1, -0.05) is 118 Å². The van der Waals surface area contributed by atoms with Gasteiger partial charge in [0, 0.05) is 24.1 Å². The molecular weight excluding hydrogens is 746 g/mol. The smallest absolute Gasteiger partial charge is 0.333 e. The third-order valence-corrected chi connectivity index (χ3v) is 9.39. The van der Waals surface area contributed by atoms with Gasteiger partial charge in [0.25, 0.3) is 0 Å². The van der Waals surface area contributed by atoms with E-state index >= 15 is 0 Å². The molecule has 0 aliphatic carbocycles. The normalized spacial score (nSPS) is 11.7. The minimum atomic E-state index is -0.811. The maximum Gasteiger partial charge on any atom is 0.333 e. The van der Waals surface area contributed by atoms with E-state index in [9.17, 15) is 19.2 Å². The van der Waals surface area contributed by atoms with Gasteiger partial charge in [-0.05, 0) is 74.2 Å². The molecule has 276 valence electrons. The second-order valence-electron chi connectivity index (χ2n) is 12.0. The first kappa shape index (κ1) is 42.3. The molecular formula is C40H42Cl4N2O6. The van der Waals surface area contributed by atoms with Crippen LogP contribution in [0.1, 0.15) is 59.3 Å². The van der Waals surface area contributed by atoms with Crippen molar-refractivity contribution in [1.82, 2.24) is 9.80 Å². The summed E-state index contributed by atoms with van der Waals surface area (Å²) in [6.07, 6.45) is 0.170. The number of ether oxygens (including phenoxy) is 2. The molecule has 4 rings (SSSR count). The molecule has 2 amide bonds. The largest absolute Gasteiger partial charge is 0.464 e. The molecule has 8 nitrogen and oxygen atoms in total. The fourth-order valence-corrected chi connectivity index (χ4v) is 5.96. The van der Waals surface area contributed by atoms with Crippen molar-refractivity contribution in [3.05, 3.63) is 138 Å². The molecule has 0 aliphatic heterocycles. The highest BCUT2D eigenvalue weighted by Crippen LogP contribution is 2.27. The number of carbonyl (C=O) groups is 4. The van der Waals surface area contributed by atoms with Gasteiger partial charge in [-0.25, -0.2) is 9.59 Å². The second-order valence-corrected chi connectivity index (χ2v) is 13.6. The van der Waals surface area contributed by atoms with Gasteiger partial charge in [-0.2, -0.15) is 0 Å². The molecule has 4 aromatic rings. The number of benzene rings is 4. The van der Waals surface area contributed by atoms with Crippen molar-refractivity contribution in [2.75, 3.05) is 27.3 Å². The lowest BCUT2D eigenvalue weighted by Crippen LogP contribution is -2.37. The molecule has 0 aliphatic rings. The Morgan fingerprint density at radius 3 is 1.46 bits per heavy atom. The van der Waals surface area contributed by atoms with Crippen LogP contribution < -0.4 is 0 Å². The highest BCUT2D eigenvalue weighted by Gasteiger charge is 2.31. The highest BCUT2D eigenvalue weighted by atomic mass is 35.5. The average Bonchev–Trinajstić information content (AvgIpc) is 3.10. The maximum atomic E-state index is 12.8. The summed E-state index contributed by atoms with van der Waals surface area (Å²) >= 11 is 24.0. The van der Waals surface area contributed by atoms with Crippen LogP contribution in [0.15, 0.2) is 84.9 Å². The van der Waals surface area contributed by atoms with E-state index in [0.717, 1.165) is 16.7 Å². The van der Waals surface area contributed by atoms with Crippen molar-refractivity contribution in [2.45, 2.75) is 52.6 Å². The first-order chi connectivity index (χ1) is 24.7. The number of aryl methyl sites for hydroxylation is 2. The summed E-state index contributed by atoms with van der Waals surface area (Å²) in [4.78, 5) is 53.3. The Bertz CT molecular complexity index is 1850. The Kier molecular flexibility index (Phi) is 16.5. The molecule has 2 unspecified atom stereocenters. The minimum Gasteiger partial charge on any atom is -0.464 e. The molecule has 0 N–H and O–H groups in total. The van der Waals surface area contributed by atoms with E-state index in [1.165, 1.54) is 9.80 Å². The third-order valence-electron chi connectivity index (χ3n) is 8.06. The molecule has 52 heavy (non-hydrogen) atoms. The van der Waals surface area contributed by atoms with E-state index in [-0.39, 0.29) is 37.9 Å². The van der Waals surface area contributed by atoms with E-state index in [4.69, 9.17) is 55.9 Å². The topological polar surface area (TPSA) is 93.2 Å². The van der Waals surface area contributed by atoms with Crippen molar-refractivity contribution in [2.24, 2.45) is 0 Å². The zero-order valence-electron chi connectivity index (χ0n) is 29.9. The van der Waals surface area contributed by atoms with Crippen LogP contribution in [0, 0.1) is 13.8 Å². The third kappa shape index (κ3) is 12.0. The molecule has 0 spiro atoms. The standard InChI is InChI=1S/2C20H21Cl2NO3/c1-4-26-20(25)19(15-8-5-13(2)6-9-15)23(3)18(24)12-14-7-10-16(21)17(22)11-14;1-4-26-20(25)19(14-7-5-13(2)6-8-14)23(3)18(24)11-15-9-10-16(21)12-17(15)22/h5-11,19H,4,12H2,1-3H3;5-10,12,19H,4,11H2,1-3H3. The monoisotopic (exact) mass is 786 g/mol. The maximum absolute atomic E-state index is 12.8. The number of carbonyl (C=O) groups excluding carboxylic acids is 4. The summed E-state index contributed by atoms with van der Waals surface area (Å²) in [6.45, 7) is 7.88. The predicted octanol–water partition coefficient (Wildman–Crippen LogP) is 9.21. The van der Waals surface area contributed by atoms with Gasteiger partial charge in [-0.15, -0.1) is 0 Å². The number of esters is 2. The molecule has 0 fully saturated rings. The van der Waals surface area contributed by atoms with Crippen molar-refractivity contribution < 1.29 is 28.7 Å². The van der Waals surface area contributed by atoms with Crippen molar-refractivity contribution in [3.63, 3.8) is 0 Å². The number of hydrogen-bond acceptors (Lipinski definition) is 6. The molecule has 0 saturated carbocycles. The number of hydrogen-bond donors (Lipinski definition) is 0. The first-order valence-corrected chi connectivity index (χ1v) is 18.0. The van der Waals surface area contributed by atoms with E-state index in [2.05, 4.69) is 0 Å². The number of halogens is 4. The Morgan fingerprint density at radius 2 is 1.04 bits per heavy atom. The number of amides is 2. The zero-order chi connectivity index (χ0) is 38.5. The molecule has 2 atom stereocenters. The Morgan fingerprint density at radius 1 is 0.577 bits per heavy atom. The zero-order valence-corrected chi connectivity index (χ0v) is 32.9. The van der Waals surface area contributed by atoms with Crippen LogP contribution in [0.2, 0.25) is 20.1 Å². The van der Waals surface area contributed by atoms with Crippen LogP contribution in [0.25, 0.3) is 0 Å². The fraction of sp³-hybridized carbons (Fsp3) is 0.300. The Hall–Kier alpha value is -4.08. The molecule has 0 bridgehead atoms. The van der Waals surface area contributed by atoms with Crippen molar-refractivity contribution in [1.29, 1.82) is 0 Å². The van der Waals surface area contributed by atoms with Crippen LogP contribution in [0.4, 0.5) is 0 Å². The number of rotatable bonds is 12. The van der Waals surface area contributed by atoms with Gasteiger partial charge in [0.1, 0.15) is 0 Å². The molecule has 0 radical (unpaired) electrons. The minimum absolute atomic E-state index is 0.0638. The van der Waals surface area contributed by atoms with Crippen LogP contribution in [0.3, 0.4) is 0 Å². The molecule has 0 saturated heterocycles. The second kappa shape index (κ2) is 20.2. The van der Waals surface area contributed by atoms with Gasteiger partial charge in [0.2, 0.25) is 11.8 Å². The highest BCUT2D eigenvalue weighted by molar-refractivity contribution is 6.42. The fourth-order valence-electron chi connectivity index (χ4n) is 5.17. The van der Waals surface area contributed by atoms with Crippen molar-refractivity contribution >= 4 is 70.2 Å². The Labute approximate surface area is 325 Å². The SMILES string of the molecule is CCOC(=O)C(c1ccc(C)cc1)N(C)C(=O)Cc1ccc(Cl)c(Cl)c1.CCOC(=O)C(c1ccc(C)cc1)N(C)C(=O)Cc1ccc(Cl)cc1Cl. The lowest BCUT2D eigenvalue weighted by Gasteiger charge is -2.27. The van der Waals surface area contributed by atoms with Gasteiger partial charge in [-0.3, -0.25) is 9.59 Å². The first-order valence-electron chi connectivity index (χ1n) is 16.5. The number of nitrogens with zero attached hydrogens (tertiary/aromatic N) is 2. The molecule has 0 heterocycles. The van der Waals surface area contributed by atoms with Crippen LogP contribution >= 0.6 is 46.4 Å². The van der Waals surface area contributed by atoms with Gasteiger partial charge < -0.3 is 19.3 Å². The quantitative estimate of drug-likeness (QED) is 0.133. The summed E-state index contributed by atoms with van der Waals surface area (Å²) in [5.41, 5.74) is 4.92. The summed E-state index contributed by atoms with van der Waals surface area (Å²) in [5.74, 6) is -1.38. The molecule has 0 aromatic heterocycles. The van der Waals surface area contributed by atoms with Gasteiger partial charge in [0.05, 0.1) is 36.1 Å². The average molecular weight is 789 g/mol. The lowest BCUT2D eigenvalue weighted by atomic mass is 10.0. The lowest BCUT2D eigenvalue weighted by molar-refractivity contribution is -0.154. The van der Waals surface area contributed by atoms with E-state index in [1.54, 1.807) is 64.3 Å². The van der Waals surface area contributed by atoms with E-state index < -0.39 is 24.0 Å². The summed E-state index contributed by atoms with van der Waals surface area (Å²) in [5, 5.41) is 1.74. The van der Waals surface area contributed by atoms with Crippen LogP contribution in [-0.2, 0) is 41.5 Å².